The van der Waals surface area contributed by atoms with E-state index >= 15 is 0 Å². The van der Waals surface area contributed by atoms with Gasteiger partial charge in [-0.15, -0.1) is 11.6 Å². The minimum atomic E-state index is 0.361. The van der Waals surface area contributed by atoms with E-state index in [2.05, 4.69) is 6.92 Å². The van der Waals surface area contributed by atoms with Gasteiger partial charge in [0.25, 0.3) is 0 Å². The summed E-state index contributed by atoms with van der Waals surface area (Å²) < 4.78 is 5.21. The molecule has 0 aromatic carbocycles. The van der Waals surface area contributed by atoms with Crippen molar-refractivity contribution < 1.29 is 4.74 Å². The fraction of sp³-hybridized carbons (Fsp3) is 1.00. The highest BCUT2D eigenvalue weighted by atomic mass is 35.5. The maximum atomic E-state index is 5.77. The van der Waals surface area contributed by atoms with Crippen molar-refractivity contribution in [2.75, 3.05) is 19.1 Å². The summed E-state index contributed by atoms with van der Waals surface area (Å²) in [4.78, 5) is 0. The first-order valence-electron chi connectivity index (χ1n) is 3.41. The van der Waals surface area contributed by atoms with Gasteiger partial charge in [0, 0.05) is 19.1 Å². The van der Waals surface area contributed by atoms with E-state index in [0.717, 1.165) is 31.9 Å². The maximum absolute atomic E-state index is 5.77. The molecular formula is C7H13ClO. The van der Waals surface area contributed by atoms with Gasteiger partial charge in [-0.1, -0.05) is 6.92 Å². The Morgan fingerprint density at radius 3 is 2.33 bits per heavy atom. The molecule has 1 nitrogen and oxygen atoms in total. The molecule has 1 rings (SSSR count). The standard InChI is InChI=1S/C7H13ClO/c1-7(6-8)2-4-9-5-3-7/h2-6H2,1H3. The molecule has 2 heteroatoms. The number of ether oxygens (including phenoxy) is 1. The van der Waals surface area contributed by atoms with Crippen LogP contribution >= 0.6 is 11.6 Å². The van der Waals surface area contributed by atoms with Gasteiger partial charge in [0.2, 0.25) is 0 Å². The zero-order valence-electron chi connectivity index (χ0n) is 5.82. The minimum absolute atomic E-state index is 0.361. The van der Waals surface area contributed by atoms with Crippen LogP contribution in [0.2, 0.25) is 0 Å². The SMILES string of the molecule is CC1(CCl)CCOCC1. The average molecular weight is 149 g/mol. The molecule has 0 radical (unpaired) electrons. The molecule has 1 aliphatic heterocycles. The molecule has 0 aliphatic carbocycles. The molecule has 0 spiro atoms. The van der Waals surface area contributed by atoms with Gasteiger partial charge in [-0.25, -0.2) is 0 Å². The molecule has 0 saturated carbocycles. The number of alkyl halides is 1. The summed E-state index contributed by atoms with van der Waals surface area (Å²) in [5.41, 5.74) is 0.361. The van der Waals surface area contributed by atoms with Crippen LogP contribution in [0.15, 0.2) is 0 Å². The van der Waals surface area contributed by atoms with E-state index in [9.17, 15) is 0 Å². The third-order valence-electron chi connectivity index (χ3n) is 2.02. The Bertz CT molecular complexity index is 86.9. The summed E-state index contributed by atoms with van der Waals surface area (Å²) in [7, 11) is 0. The Kier molecular flexibility index (Phi) is 2.36. The number of rotatable bonds is 1. The van der Waals surface area contributed by atoms with E-state index in [1.807, 2.05) is 0 Å². The van der Waals surface area contributed by atoms with Gasteiger partial charge in [0.1, 0.15) is 0 Å². The highest BCUT2D eigenvalue weighted by Crippen LogP contribution is 2.30. The second-order valence-electron chi connectivity index (χ2n) is 3.06. The van der Waals surface area contributed by atoms with E-state index < -0.39 is 0 Å². The van der Waals surface area contributed by atoms with Crippen LogP contribution in [0, 0.1) is 5.41 Å². The highest BCUT2D eigenvalue weighted by molar-refractivity contribution is 6.18. The molecule has 0 N–H and O–H groups in total. The van der Waals surface area contributed by atoms with Crippen LogP contribution in [0.3, 0.4) is 0 Å². The Morgan fingerprint density at radius 2 is 2.00 bits per heavy atom. The molecule has 0 bridgehead atoms. The van der Waals surface area contributed by atoms with Crippen LogP contribution in [-0.2, 0) is 4.74 Å². The van der Waals surface area contributed by atoms with Crippen LogP contribution in [0.1, 0.15) is 19.8 Å². The second-order valence-corrected chi connectivity index (χ2v) is 3.32. The summed E-state index contributed by atoms with van der Waals surface area (Å²) in [6.07, 6.45) is 2.24. The first-order chi connectivity index (χ1) is 4.27. The molecule has 1 saturated heterocycles. The summed E-state index contributed by atoms with van der Waals surface area (Å²) in [6.45, 7) is 4.01. The van der Waals surface area contributed by atoms with E-state index in [1.54, 1.807) is 0 Å². The summed E-state index contributed by atoms with van der Waals surface area (Å²) in [6, 6.07) is 0. The van der Waals surface area contributed by atoms with E-state index in [1.165, 1.54) is 0 Å². The predicted molar refractivity (Wildman–Crippen MR) is 38.9 cm³/mol. The lowest BCUT2D eigenvalue weighted by Crippen LogP contribution is -2.27. The molecule has 54 valence electrons. The topological polar surface area (TPSA) is 9.23 Å². The Hall–Kier alpha value is 0.250. The fourth-order valence-electron chi connectivity index (χ4n) is 0.998. The largest absolute Gasteiger partial charge is 0.381 e. The van der Waals surface area contributed by atoms with Crippen molar-refractivity contribution in [2.24, 2.45) is 5.41 Å². The molecule has 9 heavy (non-hydrogen) atoms. The summed E-state index contributed by atoms with van der Waals surface area (Å²) in [5, 5.41) is 0. The third kappa shape index (κ3) is 1.84. The first kappa shape index (κ1) is 7.36. The lowest BCUT2D eigenvalue weighted by molar-refractivity contribution is 0.0342. The van der Waals surface area contributed by atoms with Gasteiger partial charge in [0.15, 0.2) is 0 Å². The molecular weight excluding hydrogens is 136 g/mol. The fourth-order valence-corrected chi connectivity index (χ4v) is 1.27. The van der Waals surface area contributed by atoms with E-state index in [-0.39, 0.29) is 0 Å². The third-order valence-corrected chi connectivity index (χ3v) is 2.67. The smallest absolute Gasteiger partial charge is 0.0471 e. The lowest BCUT2D eigenvalue weighted by atomic mass is 9.85. The van der Waals surface area contributed by atoms with Gasteiger partial charge in [0.05, 0.1) is 0 Å². The lowest BCUT2D eigenvalue weighted by Gasteiger charge is -2.30. The van der Waals surface area contributed by atoms with Crippen LogP contribution < -0.4 is 0 Å². The van der Waals surface area contributed by atoms with Crippen molar-refractivity contribution >= 4 is 11.6 Å². The van der Waals surface area contributed by atoms with Crippen molar-refractivity contribution in [2.45, 2.75) is 19.8 Å². The Morgan fingerprint density at radius 1 is 1.44 bits per heavy atom. The predicted octanol–water partition coefficient (Wildman–Crippen LogP) is 2.04. The zero-order valence-corrected chi connectivity index (χ0v) is 6.58. The normalized spacial score (nSPS) is 26.0. The molecule has 0 unspecified atom stereocenters. The van der Waals surface area contributed by atoms with Crippen molar-refractivity contribution in [3.63, 3.8) is 0 Å². The Balaban J connectivity index is 2.37. The summed E-state index contributed by atoms with van der Waals surface area (Å²) >= 11 is 5.77. The number of hydrogen-bond acceptors (Lipinski definition) is 1. The molecule has 0 atom stereocenters. The molecule has 0 aromatic heterocycles. The molecule has 0 aromatic rings. The first-order valence-corrected chi connectivity index (χ1v) is 3.94. The molecule has 1 fully saturated rings. The van der Waals surface area contributed by atoms with Crippen LogP contribution in [0.4, 0.5) is 0 Å². The molecule has 1 heterocycles. The average Bonchev–Trinajstić information content (AvgIpc) is 1.90. The highest BCUT2D eigenvalue weighted by Gasteiger charge is 2.25. The van der Waals surface area contributed by atoms with Gasteiger partial charge in [-0.2, -0.15) is 0 Å². The van der Waals surface area contributed by atoms with E-state index in [4.69, 9.17) is 16.3 Å². The van der Waals surface area contributed by atoms with Crippen molar-refractivity contribution in [1.29, 1.82) is 0 Å². The van der Waals surface area contributed by atoms with Crippen molar-refractivity contribution in [1.82, 2.24) is 0 Å². The van der Waals surface area contributed by atoms with Crippen LogP contribution in [0.25, 0.3) is 0 Å². The summed E-state index contributed by atoms with van der Waals surface area (Å²) in [5.74, 6) is 0.774. The van der Waals surface area contributed by atoms with Gasteiger partial charge >= 0.3 is 0 Å². The Labute approximate surface area is 61.3 Å². The second kappa shape index (κ2) is 2.89. The van der Waals surface area contributed by atoms with Gasteiger partial charge in [-0.05, 0) is 18.3 Å². The number of halogens is 1. The van der Waals surface area contributed by atoms with E-state index in [0.29, 0.717) is 5.41 Å². The maximum Gasteiger partial charge on any atom is 0.0471 e. The van der Waals surface area contributed by atoms with Crippen molar-refractivity contribution in [3.8, 4) is 0 Å². The number of hydrogen-bond donors (Lipinski definition) is 0. The zero-order chi connectivity index (χ0) is 6.74. The van der Waals surface area contributed by atoms with Gasteiger partial charge < -0.3 is 4.74 Å². The van der Waals surface area contributed by atoms with Crippen LogP contribution in [0.5, 0.6) is 0 Å². The monoisotopic (exact) mass is 148 g/mol. The van der Waals surface area contributed by atoms with Gasteiger partial charge in [-0.3, -0.25) is 0 Å². The van der Waals surface area contributed by atoms with Crippen molar-refractivity contribution in [3.05, 3.63) is 0 Å². The minimum Gasteiger partial charge on any atom is -0.381 e. The quantitative estimate of drug-likeness (QED) is 0.518. The molecule has 0 amide bonds. The van der Waals surface area contributed by atoms with Crippen LogP contribution in [-0.4, -0.2) is 19.1 Å². The molecule has 1 aliphatic rings.